The van der Waals surface area contributed by atoms with Gasteiger partial charge in [-0.05, 0) is 42.0 Å². The Balaban J connectivity index is 1.91. The summed E-state index contributed by atoms with van der Waals surface area (Å²) in [5.74, 6) is 0.0353. The molecule has 2 aromatic carbocycles. The van der Waals surface area contributed by atoms with Gasteiger partial charge in [-0.2, -0.15) is 0 Å². The third kappa shape index (κ3) is 5.28. The molecule has 1 heterocycles. The molecule has 10 heteroatoms. The van der Waals surface area contributed by atoms with Gasteiger partial charge in [0, 0.05) is 29.4 Å². The second-order valence-electron chi connectivity index (χ2n) is 6.97. The molecule has 3 rings (SSSR count). The summed E-state index contributed by atoms with van der Waals surface area (Å²) in [6.45, 7) is 3.76. The van der Waals surface area contributed by atoms with Crippen molar-refractivity contribution in [3.8, 4) is 22.8 Å². The Morgan fingerprint density at radius 2 is 1.45 bits per heavy atom. The van der Waals surface area contributed by atoms with Gasteiger partial charge in [-0.15, -0.1) is 0 Å². The number of pyridine rings is 1. The predicted octanol–water partition coefficient (Wildman–Crippen LogP) is 8.23. The number of hydrogen-bond donors (Lipinski definition) is 0. The zero-order valence-electron chi connectivity index (χ0n) is 16.8. The van der Waals surface area contributed by atoms with Crippen molar-refractivity contribution in [1.29, 1.82) is 0 Å². The molecular formula is C21H21F5NO2PS. The molecule has 0 aliphatic rings. The van der Waals surface area contributed by atoms with Crippen molar-refractivity contribution in [1.82, 2.24) is 4.98 Å². The second-order valence-corrected chi connectivity index (χ2v) is 12.9. The molecule has 0 bridgehead atoms. The van der Waals surface area contributed by atoms with Crippen molar-refractivity contribution in [2.45, 2.75) is 18.7 Å². The lowest BCUT2D eigenvalue weighted by atomic mass is 10.1. The van der Waals surface area contributed by atoms with Crippen molar-refractivity contribution in [3.05, 3.63) is 66.9 Å². The van der Waals surface area contributed by atoms with E-state index in [9.17, 15) is 24.0 Å². The summed E-state index contributed by atoms with van der Waals surface area (Å²) in [6.07, 6.45) is 2.55. The average Bonchev–Trinajstić information content (AvgIpc) is 2.72. The number of benzene rings is 2. The van der Waals surface area contributed by atoms with Crippen LogP contribution in [0.25, 0.3) is 11.1 Å². The average molecular weight is 477 g/mol. The van der Waals surface area contributed by atoms with Crippen molar-refractivity contribution in [2.24, 2.45) is 0 Å². The molecule has 0 fully saturated rings. The number of hydrogen-bond acceptors (Lipinski definition) is 3. The third-order valence-electron chi connectivity index (χ3n) is 4.93. The highest BCUT2D eigenvalue weighted by molar-refractivity contribution is 8.45. The minimum atomic E-state index is -9.74. The summed E-state index contributed by atoms with van der Waals surface area (Å²) in [7, 11) is -12.2. The van der Waals surface area contributed by atoms with Crippen molar-refractivity contribution >= 4 is 22.7 Å². The van der Waals surface area contributed by atoms with Gasteiger partial charge in [0.2, 0.25) is 5.88 Å². The van der Waals surface area contributed by atoms with E-state index in [-0.39, 0.29) is 11.6 Å². The van der Waals surface area contributed by atoms with E-state index in [4.69, 9.17) is 4.74 Å². The highest BCUT2D eigenvalue weighted by Gasteiger charge is 2.65. The molecular weight excluding hydrogens is 456 g/mol. The minimum absolute atomic E-state index is 0.0661. The van der Waals surface area contributed by atoms with Crippen molar-refractivity contribution < 1.29 is 28.7 Å². The van der Waals surface area contributed by atoms with Gasteiger partial charge in [-0.25, -0.2) is 4.98 Å². The van der Waals surface area contributed by atoms with Crippen LogP contribution in [0.4, 0.5) is 19.4 Å². The molecule has 0 saturated heterocycles. The summed E-state index contributed by atoms with van der Waals surface area (Å²) in [5, 5.41) is 0.763. The molecule has 3 aromatic rings. The van der Waals surface area contributed by atoms with Crippen LogP contribution in [0.3, 0.4) is 0 Å². The van der Waals surface area contributed by atoms with Gasteiger partial charge >= 0.3 is 10.2 Å². The minimum Gasteiger partial charge on any atom is -0.438 e. The van der Waals surface area contributed by atoms with Crippen molar-refractivity contribution in [3.63, 3.8) is 0 Å². The van der Waals surface area contributed by atoms with Gasteiger partial charge < -0.3 is 9.30 Å². The Labute approximate surface area is 177 Å². The Bertz CT molecular complexity index is 1130. The molecule has 0 aliphatic carbocycles. The fourth-order valence-corrected chi connectivity index (χ4v) is 5.59. The maximum Gasteiger partial charge on any atom is 0.310 e. The third-order valence-corrected chi connectivity index (χ3v) is 9.37. The summed E-state index contributed by atoms with van der Waals surface area (Å²) in [4.78, 5) is 2.13. The number of aromatic nitrogens is 1. The molecule has 0 aliphatic heterocycles. The molecule has 0 atom stereocenters. The first-order valence-corrected chi connectivity index (χ1v) is 13.4. The van der Waals surface area contributed by atoms with Crippen LogP contribution in [0.15, 0.2) is 71.8 Å². The fourth-order valence-electron chi connectivity index (χ4n) is 3.07. The SMILES string of the molecule is CCP(=O)(CC)c1ccc(-c2cccnc2Oc2ccc(S(F)(F)(F)(F)F)cc2)cc1. The molecule has 0 amide bonds. The Kier molecular flexibility index (Phi) is 5.52. The Morgan fingerprint density at radius 3 is 1.97 bits per heavy atom. The normalized spacial score (nSPS) is 14.5. The summed E-state index contributed by atoms with van der Waals surface area (Å²) < 4.78 is 82.9. The number of ether oxygens (including phenoxy) is 1. The van der Waals surface area contributed by atoms with E-state index >= 15 is 0 Å². The standard InChI is InChI=1S/C21H21F5NO2PS/c1-3-30(28,4-2)18-11-7-16(8-12-18)20-6-5-15-27-21(20)29-17-9-13-19(14-10-17)31(22,23,24,25)26/h5-15H,3-4H2,1-2H3. The smallest absolute Gasteiger partial charge is 0.310 e. The molecule has 0 saturated carbocycles. The number of nitrogens with zero attached hydrogens (tertiary/aromatic N) is 1. The first kappa shape index (κ1) is 23.3. The molecule has 0 spiro atoms. The van der Waals surface area contributed by atoms with Gasteiger partial charge in [0.05, 0.1) is 0 Å². The van der Waals surface area contributed by atoms with Crippen LogP contribution in [0.1, 0.15) is 13.8 Å². The molecule has 168 valence electrons. The highest BCUT2D eigenvalue weighted by atomic mass is 32.5. The van der Waals surface area contributed by atoms with Crippen LogP contribution in [-0.4, -0.2) is 17.3 Å². The summed E-state index contributed by atoms with van der Waals surface area (Å²) >= 11 is 0. The van der Waals surface area contributed by atoms with Gasteiger partial charge in [0.1, 0.15) is 17.8 Å². The molecule has 3 nitrogen and oxygen atoms in total. The summed E-state index contributed by atoms with van der Waals surface area (Å²) in [6, 6.07) is 12.7. The first-order chi connectivity index (χ1) is 14.3. The fraction of sp³-hybridized carbons (Fsp3) is 0.190. The summed E-state index contributed by atoms with van der Waals surface area (Å²) in [5.41, 5.74) is 1.25. The van der Waals surface area contributed by atoms with Gasteiger partial charge in [-0.1, -0.05) is 57.5 Å². The van der Waals surface area contributed by atoms with Gasteiger partial charge in [-0.3, -0.25) is 0 Å². The van der Waals surface area contributed by atoms with Crippen molar-refractivity contribution in [2.75, 3.05) is 12.3 Å². The van der Waals surface area contributed by atoms with E-state index in [1.165, 1.54) is 6.20 Å². The Morgan fingerprint density at radius 1 is 0.871 bits per heavy atom. The van der Waals surface area contributed by atoms with E-state index in [1.54, 1.807) is 36.4 Å². The van der Waals surface area contributed by atoms with E-state index < -0.39 is 22.3 Å². The van der Waals surface area contributed by atoms with Crippen LogP contribution in [0.5, 0.6) is 11.6 Å². The highest BCUT2D eigenvalue weighted by Crippen LogP contribution is 3.02. The maximum atomic E-state index is 12.9. The lowest BCUT2D eigenvalue weighted by Crippen LogP contribution is -2.08. The topological polar surface area (TPSA) is 39.2 Å². The van der Waals surface area contributed by atoms with Crippen LogP contribution >= 0.6 is 17.4 Å². The molecule has 0 N–H and O–H groups in total. The Hall–Kier alpha value is -2.38. The quantitative estimate of drug-likeness (QED) is 0.254. The van der Waals surface area contributed by atoms with Crippen LogP contribution in [-0.2, 0) is 4.57 Å². The first-order valence-electron chi connectivity index (χ1n) is 9.42. The van der Waals surface area contributed by atoms with E-state index in [2.05, 4.69) is 4.98 Å². The van der Waals surface area contributed by atoms with E-state index in [0.717, 1.165) is 17.4 Å². The second kappa shape index (κ2) is 7.35. The monoisotopic (exact) mass is 477 g/mol. The van der Waals surface area contributed by atoms with Crippen LogP contribution in [0.2, 0.25) is 0 Å². The van der Waals surface area contributed by atoms with Crippen LogP contribution < -0.4 is 10.0 Å². The van der Waals surface area contributed by atoms with Crippen LogP contribution in [0, 0.1) is 0 Å². The lowest BCUT2D eigenvalue weighted by molar-refractivity contribution is 0.363. The maximum absolute atomic E-state index is 12.9. The predicted molar refractivity (Wildman–Crippen MR) is 116 cm³/mol. The van der Waals surface area contributed by atoms with E-state index in [1.807, 2.05) is 13.8 Å². The molecule has 31 heavy (non-hydrogen) atoms. The molecule has 0 radical (unpaired) electrons. The number of rotatable bonds is 7. The molecule has 0 unspecified atom stereocenters. The zero-order valence-corrected chi connectivity index (χ0v) is 18.5. The number of halogens is 5. The lowest BCUT2D eigenvalue weighted by Gasteiger charge is -2.40. The van der Waals surface area contributed by atoms with E-state index in [0.29, 0.717) is 35.6 Å². The van der Waals surface area contributed by atoms with Gasteiger partial charge in [0.25, 0.3) is 0 Å². The largest absolute Gasteiger partial charge is 0.438 e. The zero-order chi connectivity index (χ0) is 23.0. The molecule has 1 aromatic heterocycles. The van der Waals surface area contributed by atoms with Gasteiger partial charge in [0.15, 0.2) is 0 Å².